The lowest BCUT2D eigenvalue weighted by molar-refractivity contribution is -0.139. The number of aliphatic carboxylic acids is 1. The third-order valence-electron chi connectivity index (χ3n) is 2.79. The van der Waals surface area contributed by atoms with E-state index in [-0.39, 0.29) is 0 Å². The zero-order valence-corrected chi connectivity index (χ0v) is 12.7. The summed E-state index contributed by atoms with van der Waals surface area (Å²) in [5.41, 5.74) is 1.58. The lowest BCUT2D eigenvalue weighted by Gasteiger charge is -2.12. The van der Waals surface area contributed by atoms with Crippen molar-refractivity contribution in [1.29, 1.82) is 0 Å². The fraction of sp³-hybridized carbons (Fsp3) is 0.200. The average molecular weight is 316 g/mol. The van der Waals surface area contributed by atoms with E-state index in [0.29, 0.717) is 23.0 Å². The molecule has 0 aromatic carbocycles. The van der Waals surface area contributed by atoms with Crippen LogP contribution in [-0.4, -0.2) is 32.1 Å². The molecular formula is C15H16N4O2S. The maximum atomic E-state index is 11.1. The molecule has 0 aliphatic rings. The molecule has 2 rings (SSSR count). The normalized spacial score (nSPS) is 11.6. The van der Waals surface area contributed by atoms with Gasteiger partial charge < -0.3 is 10.4 Å². The monoisotopic (exact) mass is 316 g/mol. The fourth-order valence-electron chi connectivity index (χ4n) is 1.79. The van der Waals surface area contributed by atoms with Gasteiger partial charge >= 0.3 is 5.97 Å². The van der Waals surface area contributed by atoms with Crippen LogP contribution in [0.25, 0.3) is 0 Å². The SMILES string of the molecule is C=CNC(Cc1cccc(CSc2ncccn2)n1)C(=O)O. The van der Waals surface area contributed by atoms with Crippen molar-refractivity contribution in [3.8, 4) is 0 Å². The lowest BCUT2D eigenvalue weighted by Crippen LogP contribution is -2.35. The van der Waals surface area contributed by atoms with Crippen molar-refractivity contribution >= 4 is 17.7 Å². The molecule has 6 nitrogen and oxygen atoms in total. The molecule has 0 spiro atoms. The van der Waals surface area contributed by atoms with E-state index in [1.54, 1.807) is 18.5 Å². The van der Waals surface area contributed by atoms with Gasteiger partial charge in [0, 0.05) is 30.3 Å². The number of pyridine rings is 1. The molecule has 2 aromatic heterocycles. The summed E-state index contributed by atoms with van der Waals surface area (Å²) < 4.78 is 0. The number of rotatable bonds is 8. The molecule has 0 fully saturated rings. The summed E-state index contributed by atoms with van der Waals surface area (Å²) in [7, 11) is 0. The Kier molecular flexibility index (Phi) is 5.91. The van der Waals surface area contributed by atoms with Crippen molar-refractivity contribution < 1.29 is 9.90 Å². The zero-order valence-electron chi connectivity index (χ0n) is 11.8. The van der Waals surface area contributed by atoms with Crippen LogP contribution in [0.3, 0.4) is 0 Å². The molecular weight excluding hydrogens is 300 g/mol. The number of nitrogens with one attached hydrogen (secondary N) is 1. The minimum atomic E-state index is -0.931. The van der Waals surface area contributed by atoms with Gasteiger partial charge in [0.15, 0.2) is 5.16 Å². The van der Waals surface area contributed by atoms with Crippen LogP contribution >= 0.6 is 11.8 Å². The molecule has 22 heavy (non-hydrogen) atoms. The van der Waals surface area contributed by atoms with Gasteiger partial charge in [-0.15, -0.1) is 0 Å². The van der Waals surface area contributed by atoms with Gasteiger partial charge in [-0.3, -0.25) is 4.98 Å². The third kappa shape index (κ3) is 4.85. The van der Waals surface area contributed by atoms with E-state index in [4.69, 9.17) is 5.11 Å². The van der Waals surface area contributed by atoms with Crippen molar-refractivity contribution in [3.05, 3.63) is 60.8 Å². The van der Waals surface area contributed by atoms with E-state index in [9.17, 15) is 4.79 Å². The van der Waals surface area contributed by atoms with E-state index in [1.807, 2.05) is 18.2 Å². The first-order chi connectivity index (χ1) is 10.7. The predicted molar refractivity (Wildman–Crippen MR) is 84.3 cm³/mol. The van der Waals surface area contributed by atoms with Crippen molar-refractivity contribution in [2.45, 2.75) is 23.4 Å². The quantitative estimate of drug-likeness (QED) is 0.568. The van der Waals surface area contributed by atoms with Crippen LogP contribution < -0.4 is 5.32 Å². The number of aromatic nitrogens is 3. The minimum absolute atomic E-state index is 0.293. The molecule has 0 aliphatic carbocycles. The van der Waals surface area contributed by atoms with Gasteiger partial charge in [-0.2, -0.15) is 0 Å². The van der Waals surface area contributed by atoms with Gasteiger partial charge in [0.05, 0.1) is 5.69 Å². The summed E-state index contributed by atoms with van der Waals surface area (Å²) in [6, 6.07) is 6.62. The highest BCUT2D eigenvalue weighted by molar-refractivity contribution is 7.98. The van der Waals surface area contributed by atoms with Crippen molar-refractivity contribution in [1.82, 2.24) is 20.3 Å². The number of thioether (sulfide) groups is 1. The Morgan fingerprint density at radius 1 is 1.32 bits per heavy atom. The van der Waals surface area contributed by atoms with Crippen molar-refractivity contribution in [3.63, 3.8) is 0 Å². The number of carbonyl (C=O) groups is 1. The smallest absolute Gasteiger partial charge is 0.326 e. The number of hydrogen-bond donors (Lipinski definition) is 2. The van der Waals surface area contributed by atoms with Crippen LogP contribution in [0.15, 0.2) is 54.6 Å². The second kappa shape index (κ2) is 8.14. The van der Waals surface area contributed by atoms with E-state index in [2.05, 4.69) is 26.8 Å². The molecule has 2 aromatic rings. The molecule has 0 amide bonds. The highest BCUT2D eigenvalue weighted by atomic mass is 32.2. The Morgan fingerprint density at radius 3 is 2.73 bits per heavy atom. The Hall–Kier alpha value is -2.41. The molecule has 1 atom stereocenters. The highest BCUT2D eigenvalue weighted by Crippen LogP contribution is 2.17. The van der Waals surface area contributed by atoms with Gasteiger partial charge in [0.25, 0.3) is 0 Å². The molecule has 0 aliphatic heterocycles. The van der Waals surface area contributed by atoms with E-state index in [1.165, 1.54) is 18.0 Å². The van der Waals surface area contributed by atoms with Crippen LogP contribution in [0.2, 0.25) is 0 Å². The standard InChI is InChI=1S/C15H16N4O2S/c1-2-16-13(14(20)21)9-11-5-3-6-12(19-11)10-22-15-17-7-4-8-18-15/h2-8,13,16H,1,9-10H2,(H,20,21). The number of nitrogens with zero attached hydrogens (tertiary/aromatic N) is 3. The van der Waals surface area contributed by atoms with Gasteiger partial charge in [0.2, 0.25) is 0 Å². The van der Waals surface area contributed by atoms with Crippen molar-refractivity contribution in [2.75, 3.05) is 0 Å². The first-order valence-corrected chi connectivity index (χ1v) is 7.62. The zero-order chi connectivity index (χ0) is 15.8. The van der Waals surface area contributed by atoms with Crippen LogP contribution in [0.1, 0.15) is 11.4 Å². The largest absolute Gasteiger partial charge is 0.480 e. The summed E-state index contributed by atoms with van der Waals surface area (Å²) in [6.45, 7) is 3.49. The predicted octanol–water partition coefficient (Wildman–Crippen LogP) is 1.89. The maximum Gasteiger partial charge on any atom is 0.326 e. The summed E-state index contributed by atoms with van der Waals surface area (Å²) in [4.78, 5) is 23.9. The summed E-state index contributed by atoms with van der Waals surface area (Å²) in [6.07, 6.45) is 5.06. The third-order valence-corrected chi connectivity index (χ3v) is 3.70. The Balaban J connectivity index is 2.00. The number of hydrogen-bond acceptors (Lipinski definition) is 6. The van der Waals surface area contributed by atoms with E-state index < -0.39 is 12.0 Å². The van der Waals surface area contributed by atoms with Crippen LogP contribution in [0.5, 0.6) is 0 Å². The molecule has 2 N–H and O–H groups in total. The highest BCUT2D eigenvalue weighted by Gasteiger charge is 2.16. The van der Waals surface area contributed by atoms with Crippen LogP contribution in [-0.2, 0) is 17.0 Å². The van der Waals surface area contributed by atoms with Crippen LogP contribution in [0, 0.1) is 0 Å². The maximum absolute atomic E-state index is 11.1. The second-order valence-corrected chi connectivity index (χ2v) is 5.35. The fourth-order valence-corrected chi connectivity index (χ4v) is 2.50. The van der Waals surface area contributed by atoms with Crippen LogP contribution in [0.4, 0.5) is 0 Å². The second-order valence-electron chi connectivity index (χ2n) is 4.41. The Morgan fingerprint density at radius 2 is 2.05 bits per heavy atom. The molecule has 2 heterocycles. The lowest BCUT2D eigenvalue weighted by atomic mass is 10.1. The topological polar surface area (TPSA) is 88.0 Å². The Bertz CT molecular complexity index is 636. The van der Waals surface area contributed by atoms with Gasteiger partial charge in [-0.05, 0) is 24.4 Å². The molecule has 0 saturated carbocycles. The molecule has 0 radical (unpaired) electrons. The minimum Gasteiger partial charge on any atom is -0.480 e. The summed E-state index contributed by atoms with van der Waals surface area (Å²) >= 11 is 1.48. The van der Waals surface area contributed by atoms with Gasteiger partial charge in [-0.1, -0.05) is 24.4 Å². The van der Waals surface area contributed by atoms with E-state index in [0.717, 1.165) is 5.69 Å². The Labute approximate surface area is 132 Å². The van der Waals surface area contributed by atoms with Gasteiger partial charge in [-0.25, -0.2) is 14.8 Å². The molecule has 7 heteroatoms. The average Bonchev–Trinajstić information content (AvgIpc) is 2.54. The molecule has 114 valence electrons. The summed E-state index contributed by atoms with van der Waals surface area (Å²) in [5, 5.41) is 12.5. The van der Waals surface area contributed by atoms with E-state index >= 15 is 0 Å². The molecule has 0 saturated heterocycles. The van der Waals surface area contributed by atoms with Crippen molar-refractivity contribution in [2.24, 2.45) is 0 Å². The summed E-state index contributed by atoms with van der Waals surface area (Å²) in [5.74, 6) is -0.302. The molecule has 0 bridgehead atoms. The first-order valence-electron chi connectivity index (χ1n) is 6.63. The first kappa shape index (κ1) is 16.0. The molecule has 1 unspecified atom stereocenters. The number of carboxylic acid groups (broad SMARTS) is 1. The van der Waals surface area contributed by atoms with Gasteiger partial charge in [0.1, 0.15) is 6.04 Å². The number of carboxylic acids is 1.